The van der Waals surface area contributed by atoms with Crippen molar-refractivity contribution in [2.75, 3.05) is 11.4 Å². The van der Waals surface area contributed by atoms with E-state index in [2.05, 4.69) is 15.9 Å². The third-order valence-corrected chi connectivity index (χ3v) is 5.33. The molecule has 5 atom stereocenters. The molecular weight excluding hydrogens is 461 g/mol. The van der Waals surface area contributed by atoms with Crippen LogP contribution in [-0.2, 0) is 14.1 Å². The summed E-state index contributed by atoms with van der Waals surface area (Å²) in [4.78, 5) is 40.7. The fourth-order valence-corrected chi connectivity index (χ4v) is 3.51. The molecule has 2 heterocycles. The monoisotopic (exact) mass is 477 g/mol. The first-order valence-electron chi connectivity index (χ1n) is 8.02. The Hall–Kier alpha value is -1.79. The lowest BCUT2D eigenvalue weighted by atomic mass is 10.1. The summed E-state index contributed by atoms with van der Waals surface area (Å²) in [6.07, 6.45) is -4.15. The standard InChI is InChI=1S/C15H17BrN3O8P/c16-8-1-3-9(4-2-8)19(28(24)25)26-7-10-12(21)13(22)14(27-10)18-6-5-11(20)17-15(18)23/h1-6,10,12-14,21-22,28H,7H2,(H,24,25)(H,17,20,23)/t10-,12?,13?,14-/m0/s1. The molecule has 0 spiro atoms. The average Bonchev–Trinajstić information content (AvgIpc) is 2.91. The Morgan fingerprint density at radius 3 is 2.50 bits per heavy atom. The van der Waals surface area contributed by atoms with E-state index in [1.807, 2.05) is 4.98 Å². The first-order valence-corrected chi connectivity index (χ1v) is 10.1. The number of benzene rings is 1. The number of halogens is 1. The maximum atomic E-state index is 11.9. The molecule has 0 bridgehead atoms. The minimum Gasteiger partial charge on any atom is -0.387 e. The lowest BCUT2D eigenvalue weighted by Gasteiger charge is -2.23. The van der Waals surface area contributed by atoms with Gasteiger partial charge in [-0.15, -0.1) is 0 Å². The average molecular weight is 478 g/mol. The number of aromatic amines is 1. The predicted molar refractivity (Wildman–Crippen MR) is 101 cm³/mol. The number of aromatic nitrogens is 2. The zero-order valence-electron chi connectivity index (χ0n) is 14.1. The quantitative estimate of drug-likeness (QED) is 0.325. The van der Waals surface area contributed by atoms with Gasteiger partial charge in [-0.1, -0.05) is 15.9 Å². The number of aliphatic hydroxyl groups is 2. The van der Waals surface area contributed by atoms with Crippen LogP contribution in [0.4, 0.5) is 5.69 Å². The lowest BCUT2D eigenvalue weighted by molar-refractivity contribution is -0.0670. The second-order valence-corrected chi connectivity index (χ2v) is 7.80. The first kappa shape index (κ1) is 20.9. The van der Waals surface area contributed by atoms with Gasteiger partial charge in [0.25, 0.3) is 5.56 Å². The van der Waals surface area contributed by atoms with Gasteiger partial charge in [0.15, 0.2) is 6.23 Å². The Morgan fingerprint density at radius 2 is 1.89 bits per heavy atom. The summed E-state index contributed by atoms with van der Waals surface area (Å²) in [5, 5.41) is 20.4. The maximum Gasteiger partial charge on any atom is 0.330 e. The summed E-state index contributed by atoms with van der Waals surface area (Å²) in [5.74, 6) is 0. The molecule has 13 heteroatoms. The van der Waals surface area contributed by atoms with E-state index in [0.717, 1.165) is 26.1 Å². The van der Waals surface area contributed by atoms with Crippen LogP contribution in [0.5, 0.6) is 0 Å². The number of ether oxygens (including phenoxy) is 1. The molecule has 0 amide bonds. The van der Waals surface area contributed by atoms with Gasteiger partial charge in [0.2, 0.25) is 0 Å². The van der Waals surface area contributed by atoms with Gasteiger partial charge >= 0.3 is 13.9 Å². The summed E-state index contributed by atoms with van der Waals surface area (Å²) in [6, 6.07) is 7.47. The Bertz CT molecular complexity index is 965. The molecule has 0 aliphatic carbocycles. The minimum atomic E-state index is -3.29. The summed E-state index contributed by atoms with van der Waals surface area (Å²) in [5.41, 5.74) is -1.13. The molecule has 152 valence electrons. The van der Waals surface area contributed by atoms with Gasteiger partial charge in [-0.25, -0.2) is 4.79 Å². The van der Waals surface area contributed by atoms with Crippen LogP contribution in [0.25, 0.3) is 0 Å². The maximum absolute atomic E-state index is 11.9. The minimum absolute atomic E-state index is 0.302. The van der Waals surface area contributed by atoms with Crippen LogP contribution in [0.2, 0.25) is 0 Å². The molecule has 3 rings (SSSR count). The topological polar surface area (TPSA) is 154 Å². The highest BCUT2D eigenvalue weighted by Gasteiger charge is 2.44. The van der Waals surface area contributed by atoms with Crippen molar-refractivity contribution >= 4 is 29.8 Å². The van der Waals surface area contributed by atoms with E-state index in [1.165, 1.54) is 0 Å². The van der Waals surface area contributed by atoms with Crippen LogP contribution in [0, 0.1) is 0 Å². The van der Waals surface area contributed by atoms with Crippen molar-refractivity contribution < 1.29 is 29.2 Å². The van der Waals surface area contributed by atoms with E-state index < -0.39 is 44.0 Å². The Morgan fingerprint density at radius 1 is 1.21 bits per heavy atom. The number of aliphatic hydroxyl groups excluding tert-OH is 2. The zero-order valence-corrected chi connectivity index (χ0v) is 16.7. The van der Waals surface area contributed by atoms with E-state index in [9.17, 15) is 29.3 Å². The number of nitrogens with zero attached hydrogens (tertiary/aromatic N) is 2. The van der Waals surface area contributed by atoms with Crippen LogP contribution in [0.1, 0.15) is 6.23 Å². The molecule has 1 saturated heterocycles. The molecule has 28 heavy (non-hydrogen) atoms. The molecule has 1 aromatic heterocycles. The molecule has 1 aromatic carbocycles. The van der Waals surface area contributed by atoms with Crippen LogP contribution < -0.4 is 16.1 Å². The number of rotatable bonds is 6. The zero-order chi connectivity index (χ0) is 20.4. The van der Waals surface area contributed by atoms with Crippen molar-refractivity contribution in [2.24, 2.45) is 0 Å². The second-order valence-electron chi connectivity index (χ2n) is 5.91. The molecule has 11 nitrogen and oxygen atoms in total. The van der Waals surface area contributed by atoms with Crippen LogP contribution in [-0.4, -0.2) is 49.6 Å². The molecule has 1 aliphatic rings. The van der Waals surface area contributed by atoms with E-state index in [1.54, 1.807) is 24.3 Å². The summed E-state index contributed by atoms with van der Waals surface area (Å²) < 4.78 is 18.8. The van der Waals surface area contributed by atoms with E-state index in [-0.39, 0.29) is 6.61 Å². The first-order chi connectivity index (χ1) is 13.3. The largest absolute Gasteiger partial charge is 0.387 e. The fourth-order valence-electron chi connectivity index (χ4n) is 2.69. The third-order valence-electron chi connectivity index (χ3n) is 4.07. The van der Waals surface area contributed by atoms with Gasteiger partial charge < -0.3 is 19.8 Å². The SMILES string of the molecule is O=c1ccn([C@H]2O[C@@H](CON(c3ccc(Br)cc3)[PH](=O)O)C(O)C2O)c(=O)[nH]1. The van der Waals surface area contributed by atoms with Crippen molar-refractivity contribution in [1.29, 1.82) is 0 Å². The molecule has 0 saturated carbocycles. The number of H-pyrrole nitrogens is 1. The van der Waals surface area contributed by atoms with E-state index in [0.29, 0.717) is 5.69 Å². The van der Waals surface area contributed by atoms with E-state index >= 15 is 0 Å². The number of nitrogens with one attached hydrogen (secondary N) is 1. The van der Waals surface area contributed by atoms with Gasteiger partial charge in [-0.05, 0) is 24.3 Å². The molecule has 1 aliphatic heterocycles. The summed E-state index contributed by atoms with van der Waals surface area (Å²) in [7, 11) is -3.29. The molecular formula is C15H17BrN3O8P. The Kier molecular flexibility index (Phi) is 6.50. The lowest BCUT2D eigenvalue weighted by Crippen LogP contribution is -2.38. The van der Waals surface area contributed by atoms with Crippen LogP contribution >= 0.6 is 24.1 Å². The van der Waals surface area contributed by atoms with Crippen molar-refractivity contribution in [2.45, 2.75) is 24.5 Å². The van der Waals surface area contributed by atoms with Crippen LogP contribution in [0.3, 0.4) is 0 Å². The van der Waals surface area contributed by atoms with Gasteiger partial charge in [0.1, 0.15) is 24.9 Å². The molecule has 3 unspecified atom stereocenters. The highest BCUT2D eigenvalue weighted by molar-refractivity contribution is 9.10. The number of anilines is 1. The van der Waals surface area contributed by atoms with Crippen molar-refractivity contribution in [3.8, 4) is 0 Å². The highest BCUT2D eigenvalue weighted by atomic mass is 79.9. The Balaban J connectivity index is 1.73. The third kappa shape index (κ3) is 4.44. The second kappa shape index (κ2) is 8.70. The summed E-state index contributed by atoms with van der Waals surface area (Å²) >= 11 is 3.26. The molecule has 2 aromatic rings. The van der Waals surface area contributed by atoms with Gasteiger partial charge in [0, 0.05) is 16.7 Å². The fraction of sp³-hybridized carbons (Fsp3) is 0.333. The van der Waals surface area contributed by atoms with Crippen molar-refractivity contribution in [1.82, 2.24) is 9.55 Å². The smallest absolute Gasteiger partial charge is 0.330 e. The van der Waals surface area contributed by atoms with Crippen molar-refractivity contribution in [3.05, 3.63) is 61.8 Å². The van der Waals surface area contributed by atoms with Gasteiger partial charge in [-0.3, -0.25) is 23.7 Å². The van der Waals surface area contributed by atoms with Crippen LogP contribution in [0.15, 0.2) is 50.6 Å². The normalized spacial score (nSPS) is 25.6. The molecule has 4 N–H and O–H groups in total. The van der Waals surface area contributed by atoms with Gasteiger partial charge in [-0.2, -0.15) is 4.83 Å². The molecule has 1 fully saturated rings. The highest BCUT2D eigenvalue weighted by Crippen LogP contribution is 2.33. The van der Waals surface area contributed by atoms with Crippen molar-refractivity contribution in [3.63, 3.8) is 0 Å². The predicted octanol–water partition coefficient (Wildman–Crippen LogP) is -0.262. The number of hydrogen-bond acceptors (Lipinski definition) is 7. The van der Waals surface area contributed by atoms with Gasteiger partial charge in [0.05, 0.1) is 5.69 Å². The molecule has 0 radical (unpaired) electrons. The number of hydrogen-bond donors (Lipinski definition) is 4. The Labute approximate surface area is 166 Å². The summed E-state index contributed by atoms with van der Waals surface area (Å²) in [6.45, 7) is -0.375. The van der Waals surface area contributed by atoms with E-state index in [4.69, 9.17) is 9.57 Å².